The maximum Gasteiger partial charge on any atom is 0.00797 e. The molecule has 1 aliphatic carbocycles. The molecule has 2 aliphatic heterocycles. The van der Waals surface area contributed by atoms with Crippen molar-refractivity contribution in [2.45, 2.75) is 57.4 Å². The van der Waals surface area contributed by atoms with Crippen molar-refractivity contribution in [1.29, 1.82) is 0 Å². The minimum Gasteiger partial charge on any atom is -0.314 e. The standard InChI is InChI=1S/C14H26N2/c1-2-7-14(8-3-1)11-16(12-14)10-6-13-5-4-9-15-13/h13,15H,1-12H2. The Morgan fingerprint density at radius 3 is 2.56 bits per heavy atom. The quantitative estimate of drug-likeness (QED) is 0.789. The first-order valence-corrected chi connectivity index (χ1v) is 7.32. The number of hydrogen-bond acceptors (Lipinski definition) is 2. The molecular weight excluding hydrogens is 196 g/mol. The summed E-state index contributed by atoms with van der Waals surface area (Å²) in [7, 11) is 0. The van der Waals surface area contributed by atoms with E-state index in [0.717, 1.165) is 11.5 Å². The van der Waals surface area contributed by atoms with Gasteiger partial charge in [0, 0.05) is 19.1 Å². The minimum atomic E-state index is 0.779. The molecule has 0 aromatic carbocycles. The fourth-order valence-corrected chi connectivity index (χ4v) is 4.02. The van der Waals surface area contributed by atoms with E-state index in [9.17, 15) is 0 Å². The van der Waals surface area contributed by atoms with E-state index in [2.05, 4.69) is 10.2 Å². The molecule has 0 aromatic rings. The zero-order valence-corrected chi connectivity index (χ0v) is 10.5. The van der Waals surface area contributed by atoms with Crippen LogP contribution in [0.2, 0.25) is 0 Å². The maximum atomic E-state index is 3.60. The second-order valence-corrected chi connectivity index (χ2v) is 6.35. The Bertz CT molecular complexity index is 219. The van der Waals surface area contributed by atoms with Gasteiger partial charge < -0.3 is 10.2 Å². The van der Waals surface area contributed by atoms with Crippen LogP contribution in [-0.4, -0.2) is 37.1 Å². The number of nitrogens with one attached hydrogen (secondary N) is 1. The summed E-state index contributed by atoms with van der Waals surface area (Å²) in [5.74, 6) is 0. The van der Waals surface area contributed by atoms with E-state index in [1.807, 2.05) is 0 Å². The first-order chi connectivity index (χ1) is 7.86. The van der Waals surface area contributed by atoms with Crippen molar-refractivity contribution in [2.24, 2.45) is 5.41 Å². The highest BCUT2D eigenvalue weighted by Crippen LogP contribution is 2.43. The van der Waals surface area contributed by atoms with Gasteiger partial charge in [-0.15, -0.1) is 0 Å². The second-order valence-electron chi connectivity index (χ2n) is 6.35. The van der Waals surface area contributed by atoms with E-state index in [1.165, 1.54) is 77.5 Å². The van der Waals surface area contributed by atoms with Crippen molar-refractivity contribution in [3.05, 3.63) is 0 Å². The molecule has 0 bridgehead atoms. The van der Waals surface area contributed by atoms with Crippen LogP contribution in [0.5, 0.6) is 0 Å². The second kappa shape index (κ2) is 4.66. The Morgan fingerprint density at radius 1 is 1.06 bits per heavy atom. The molecule has 1 saturated carbocycles. The SMILES string of the molecule is C1CCC2(CC1)CN(CCC1CCCN1)C2. The largest absolute Gasteiger partial charge is 0.314 e. The third-order valence-corrected chi connectivity index (χ3v) is 4.99. The molecule has 3 rings (SSSR count). The lowest BCUT2D eigenvalue weighted by Gasteiger charge is -2.53. The molecule has 1 atom stereocenters. The third-order valence-electron chi connectivity index (χ3n) is 4.99. The van der Waals surface area contributed by atoms with Crippen LogP contribution >= 0.6 is 0 Å². The van der Waals surface area contributed by atoms with Crippen molar-refractivity contribution in [1.82, 2.24) is 10.2 Å². The van der Waals surface area contributed by atoms with Gasteiger partial charge in [0.05, 0.1) is 0 Å². The highest BCUT2D eigenvalue weighted by Gasteiger charge is 2.42. The Morgan fingerprint density at radius 2 is 1.88 bits per heavy atom. The number of likely N-dealkylation sites (tertiary alicyclic amines) is 1. The van der Waals surface area contributed by atoms with Gasteiger partial charge in [0.15, 0.2) is 0 Å². The molecule has 0 aromatic heterocycles. The molecule has 1 unspecified atom stereocenters. The molecule has 16 heavy (non-hydrogen) atoms. The average Bonchev–Trinajstić information content (AvgIpc) is 2.77. The molecule has 0 amide bonds. The van der Waals surface area contributed by atoms with Gasteiger partial charge in [-0.05, 0) is 50.6 Å². The van der Waals surface area contributed by atoms with Crippen LogP contribution in [0, 0.1) is 5.41 Å². The predicted molar refractivity (Wildman–Crippen MR) is 67.6 cm³/mol. The zero-order valence-electron chi connectivity index (χ0n) is 10.5. The summed E-state index contributed by atoms with van der Waals surface area (Å²) < 4.78 is 0. The van der Waals surface area contributed by atoms with Crippen LogP contribution < -0.4 is 5.32 Å². The van der Waals surface area contributed by atoms with Crippen molar-refractivity contribution >= 4 is 0 Å². The lowest BCUT2D eigenvalue weighted by Crippen LogP contribution is -2.57. The number of hydrogen-bond donors (Lipinski definition) is 1. The van der Waals surface area contributed by atoms with Crippen LogP contribution in [0.4, 0.5) is 0 Å². The van der Waals surface area contributed by atoms with Crippen molar-refractivity contribution in [2.75, 3.05) is 26.2 Å². The van der Waals surface area contributed by atoms with Gasteiger partial charge in [0.1, 0.15) is 0 Å². The number of rotatable bonds is 3. The molecule has 2 nitrogen and oxygen atoms in total. The van der Waals surface area contributed by atoms with Gasteiger partial charge in [0.2, 0.25) is 0 Å². The topological polar surface area (TPSA) is 15.3 Å². The molecule has 2 heteroatoms. The maximum absolute atomic E-state index is 3.60. The van der Waals surface area contributed by atoms with Crippen LogP contribution in [0.1, 0.15) is 51.4 Å². The lowest BCUT2D eigenvalue weighted by molar-refractivity contribution is -0.0292. The summed E-state index contributed by atoms with van der Waals surface area (Å²) in [6.45, 7) is 5.44. The van der Waals surface area contributed by atoms with Gasteiger partial charge in [-0.3, -0.25) is 0 Å². The van der Waals surface area contributed by atoms with Gasteiger partial charge in [-0.25, -0.2) is 0 Å². The van der Waals surface area contributed by atoms with Crippen LogP contribution in [0.15, 0.2) is 0 Å². The van der Waals surface area contributed by atoms with E-state index >= 15 is 0 Å². The van der Waals surface area contributed by atoms with Crippen LogP contribution in [0.25, 0.3) is 0 Å². The zero-order chi connectivity index (χ0) is 10.8. The smallest absolute Gasteiger partial charge is 0.00797 e. The summed E-state index contributed by atoms with van der Waals surface area (Å²) in [5, 5.41) is 3.60. The summed E-state index contributed by atoms with van der Waals surface area (Å²) in [5.41, 5.74) is 0.779. The molecule has 1 spiro atoms. The minimum absolute atomic E-state index is 0.779. The lowest BCUT2D eigenvalue weighted by atomic mass is 9.68. The Hall–Kier alpha value is -0.0800. The predicted octanol–water partition coefficient (Wildman–Crippen LogP) is 2.39. The van der Waals surface area contributed by atoms with Crippen LogP contribution in [0.3, 0.4) is 0 Å². The molecule has 92 valence electrons. The monoisotopic (exact) mass is 222 g/mol. The molecule has 3 aliphatic rings. The summed E-state index contributed by atoms with van der Waals surface area (Å²) in [4.78, 5) is 2.70. The third kappa shape index (κ3) is 2.28. The van der Waals surface area contributed by atoms with E-state index in [1.54, 1.807) is 0 Å². The van der Waals surface area contributed by atoms with Gasteiger partial charge in [0.25, 0.3) is 0 Å². The summed E-state index contributed by atoms with van der Waals surface area (Å²) in [6, 6.07) is 0.836. The van der Waals surface area contributed by atoms with E-state index in [-0.39, 0.29) is 0 Å². The molecule has 3 fully saturated rings. The molecule has 2 heterocycles. The van der Waals surface area contributed by atoms with Gasteiger partial charge in [-0.2, -0.15) is 0 Å². The number of nitrogens with zero attached hydrogens (tertiary/aromatic N) is 1. The van der Waals surface area contributed by atoms with Crippen molar-refractivity contribution in [3.8, 4) is 0 Å². The van der Waals surface area contributed by atoms with E-state index < -0.39 is 0 Å². The van der Waals surface area contributed by atoms with Gasteiger partial charge in [-0.1, -0.05) is 19.3 Å². The Kier molecular flexibility index (Phi) is 3.21. The first kappa shape index (κ1) is 11.0. The van der Waals surface area contributed by atoms with Crippen molar-refractivity contribution < 1.29 is 0 Å². The van der Waals surface area contributed by atoms with E-state index in [4.69, 9.17) is 0 Å². The van der Waals surface area contributed by atoms with Crippen LogP contribution in [-0.2, 0) is 0 Å². The fraction of sp³-hybridized carbons (Fsp3) is 1.00. The Balaban J connectivity index is 1.36. The normalized spacial score (nSPS) is 34.1. The first-order valence-electron chi connectivity index (χ1n) is 7.32. The average molecular weight is 222 g/mol. The molecule has 2 saturated heterocycles. The highest BCUT2D eigenvalue weighted by atomic mass is 15.2. The van der Waals surface area contributed by atoms with E-state index in [0.29, 0.717) is 0 Å². The molecule has 1 N–H and O–H groups in total. The molecular formula is C14H26N2. The summed E-state index contributed by atoms with van der Waals surface area (Å²) >= 11 is 0. The summed E-state index contributed by atoms with van der Waals surface area (Å²) in [6.07, 6.45) is 11.7. The fourth-order valence-electron chi connectivity index (χ4n) is 4.02. The van der Waals surface area contributed by atoms with Gasteiger partial charge >= 0.3 is 0 Å². The highest BCUT2D eigenvalue weighted by molar-refractivity contribution is 4.96. The molecule has 0 radical (unpaired) electrons. The van der Waals surface area contributed by atoms with Crippen molar-refractivity contribution in [3.63, 3.8) is 0 Å². The Labute approximate surface area is 99.8 Å².